The van der Waals surface area contributed by atoms with E-state index in [9.17, 15) is 14.4 Å². The molecule has 0 fully saturated rings. The van der Waals surface area contributed by atoms with Crippen molar-refractivity contribution >= 4 is 17.8 Å². The summed E-state index contributed by atoms with van der Waals surface area (Å²) in [6.07, 6.45) is -0.233. The number of hydrogen-bond donors (Lipinski definition) is 5. The van der Waals surface area contributed by atoms with Crippen molar-refractivity contribution < 1.29 is 24.6 Å². The molecule has 0 aromatic heterocycles. The van der Waals surface area contributed by atoms with Crippen LogP contribution in [-0.2, 0) is 14.4 Å². The molecule has 0 aromatic rings. The lowest BCUT2D eigenvalue weighted by molar-refractivity contribution is -0.138. The van der Waals surface area contributed by atoms with Crippen molar-refractivity contribution in [3.8, 4) is 0 Å². The molecule has 0 aliphatic carbocycles. The molecule has 0 heterocycles. The van der Waals surface area contributed by atoms with Crippen LogP contribution in [0.5, 0.6) is 0 Å². The number of hydrogen-bond acceptors (Lipinski definition) is 5. The Labute approximate surface area is 91.6 Å². The molecule has 7 N–H and O–H groups in total. The zero-order chi connectivity index (χ0) is 12.7. The van der Waals surface area contributed by atoms with E-state index in [0.29, 0.717) is 0 Å². The van der Waals surface area contributed by atoms with Gasteiger partial charge >= 0.3 is 11.9 Å². The summed E-state index contributed by atoms with van der Waals surface area (Å²) in [5.41, 5.74) is 10.5. The first-order valence-corrected chi connectivity index (χ1v) is 4.58. The highest BCUT2D eigenvalue weighted by Crippen LogP contribution is 1.94. The molecule has 2 unspecified atom stereocenters. The van der Waals surface area contributed by atoms with Gasteiger partial charge in [-0.05, 0) is 6.42 Å². The standard InChI is InChI=1S/C8H15N3O5/c9-4(1-2-6(12)13)7(14)11-3-5(10)8(15)16/h4-5H,1-3,9-10H2,(H,11,14)(H,12,13)(H,15,16). The van der Waals surface area contributed by atoms with E-state index < -0.39 is 29.9 Å². The maximum absolute atomic E-state index is 11.2. The Morgan fingerprint density at radius 3 is 2.12 bits per heavy atom. The summed E-state index contributed by atoms with van der Waals surface area (Å²) in [5, 5.41) is 19.0. The molecular weight excluding hydrogens is 218 g/mol. The van der Waals surface area contributed by atoms with Crippen LogP contribution < -0.4 is 16.8 Å². The van der Waals surface area contributed by atoms with Gasteiger partial charge < -0.3 is 27.0 Å². The minimum absolute atomic E-state index is 0.0104. The quantitative estimate of drug-likeness (QED) is 0.331. The predicted octanol–water partition coefficient (Wildman–Crippen LogP) is -2.29. The first kappa shape index (κ1) is 14.3. The fourth-order valence-corrected chi connectivity index (χ4v) is 0.839. The summed E-state index contributed by atoms with van der Waals surface area (Å²) in [5.74, 6) is -2.90. The molecule has 0 saturated carbocycles. The van der Waals surface area contributed by atoms with Gasteiger partial charge in [0.25, 0.3) is 0 Å². The van der Waals surface area contributed by atoms with Crippen molar-refractivity contribution in [2.24, 2.45) is 11.5 Å². The third-order valence-electron chi connectivity index (χ3n) is 1.82. The number of carboxylic acid groups (broad SMARTS) is 2. The minimum atomic E-state index is -1.24. The van der Waals surface area contributed by atoms with Crippen LogP contribution in [0.3, 0.4) is 0 Å². The van der Waals surface area contributed by atoms with E-state index in [2.05, 4.69) is 5.32 Å². The first-order valence-electron chi connectivity index (χ1n) is 4.58. The Morgan fingerprint density at radius 1 is 1.12 bits per heavy atom. The first-order chi connectivity index (χ1) is 7.34. The van der Waals surface area contributed by atoms with E-state index in [1.54, 1.807) is 0 Å². The maximum atomic E-state index is 11.2. The highest BCUT2D eigenvalue weighted by atomic mass is 16.4. The highest BCUT2D eigenvalue weighted by molar-refractivity contribution is 5.83. The molecule has 0 spiro atoms. The van der Waals surface area contributed by atoms with Crippen molar-refractivity contribution in [2.45, 2.75) is 24.9 Å². The van der Waals surface area contributed by atoms with Crippen molar-refractivity contribution in [1.29, 1.82) is 0 Å². The molecule has 0 saturated heterocycles. The average Bonchev–Trinajstić information content (AvgIpc) is 2.21. The number of rotatable bonds is 7. The number of nitrogens with two attached hydrogens (primary N) is 2. The third-order valence-corrected chi connectivity index (χ3v) is 1.82. The maximum Gasteiger partial charge on any atom is 0.322 e. The third kappa shape index (κ3) is 5.94. The molecule has 0 rings (SSSR count). The highest BCUT2D eigenvalue weighted by Gasteiger charge is 2.17. The molecule has 2 atom stereocenters. The van der Waals surface area contributed by atoms with Crippen LogP contribution in [0.25, 0.3) is 0 Å². The van der Waals surface area contributed by atoms with E-state index >= 15 is 0 Å². The Balaban J connectivity index is 3.87. The van der Waals surface area contributed by atoms with E-state index in [1.165, 1.54) is 0 Å². The summed E-state index contributed by atoms with van der Waals surface area (Å²) in [6.45, 7) is -0.241. The van der Waals surface area contributed by atoms with Crippen LogP contribution in [-0.4, -0.2) is 46.7 Å². The monoisotopic (exact) mass is 233 g/mol. The SMILES string of the molecule is NC(CNC(=O)C(N)CCC(=O)O)C(=O)O. The summed E-state index contributed by atoms with van der Waals surface area (Å²) in [4.78, 5) is 31.7. The second kappa shape index (κ2) is 6.75. The molecule has 0 aliphatic heterocycles. The molecular formula is C8H15N3O5. The molecule has 16 heavy (non-hydrogen) atoms. The molecule has 0 radical (unpaired) electrons. The van der Waals surface area contributed by atoms with Gasteiger partial charge in [0.05, 0.1) is 6.04 Å². The van der Waals surface area contributed by atoms with Gasteiger partial charge in [0.2, 0.25) is 5.91 Å². The second-order valence-electron chi connectivity index (χ2n) is 3.23. The Kier molecular flexibility index (Phi) is 6.04. The van der Waals surface area contributed by atoms with Gasteiger partial charge in [0, 0.05) is 13.0 Å². The largest absolute Gasteiger partial charge is 0.481 e. The molecule has 0 aliphatic rings. The number of carbonyl (C=O) groups is 3. The van der Waals surface area contributed by atoms with Crippen molar-refractivity contribution in [3.63, 3.8) is 0 Å². The summed E-state index contributed by atoms with van der Waals surface area (Å²) < 4.78 is 0. The van der Waals surface area contributed by atoms with Gasteiger partial charge in [-0.25, -0.2) is 0 Å². The average molecular weight is 233 g/mol. The molecule has 0 bridgehead atoms. The van der Waals surface area contributed by atoms with E-state index in [0.717, 1.165) is 0 Å². The van der Waals surface area contributed by atoms with Gasteiger partial charge in [-0.1, -0.05) is 0 Å². The number of aliphatic carboxylic acids is 2. The fourth-order valence-electron chi connectivity index (χ4n) is 0.839. The Morgan fingerprint density at radius 2 is 1.69 bits per heavy atom. The lowest BCUT2D eigenvalue weighted by Gasteiger charge is -2.12. The normalized spacial score (nSPS) is 13.9. The smallest absolute Gasteiger partial charge is 0.322 e. The van der Waals surface area contributed by atoms with Gasteiger partial charge in [-0.3, -0.25) is 14.4 Å². The molecule has 8 nitrogen and oxygen atoms in total. The number of amides is 1. The van der Waals surface area contributed by atoms with Crippen LogP contribution in [0.2, 0.25) is 0 Å². The lowest BCUT2D eigenvalue weighted by Crippen LogP contribution is -2.47. The fraction of sp³-hybridized carbons (Fsp3) is 0.625. The zero-order valence-corrected chi connectivity index (χ0v) is 8.55. The van der Waals surface area contributed by atoms with Gasteiger partial charge in [0.1, 0.15) is 6.04 Å². The number of carboxylic acids is 2. The van der Waals surface area contributed by atoms with Crippen LogP contribution in [0.15, 0.2) is 0 Å². The Hall–Kier alpha value is -1.67. The van der Waals surface area contributed by atoms with Gasteiger partial charge in [0.15, 0.2) is 0 Å². The number of nitrogens with one attached hydrogen (secondary N) is 1. The van der Waals surface area contributed by atoms with Gasteiger partial charge in [-0.2, -0.15) is 0 Å². The van der Waals surface area contributed by atoms with Crippen molar-refractivity contribution in [3.05, 3.63) is 0 Å². The topological polar surface area (TPSA) is 156 Å². The van der Waals surface area contributed by atoms with E-state index in [-0.39, 0.29) is 19.4 Å². The van der Waals surface area contributed by atoms with E-state index in [1.807, 2.05) is 0 Å². The second-order valence-corrected chi connectivity index (χ2v) is 3.23. The van der Waals surface area contributed by atoms with Crippen LogP contribution in [0.1, 0.15) is 12.8 Å². The molecule has 92 valence electrons. The van der Waals surface area contributed by atoms with Gasteiger partial charge in [-0.15, -0.1) is 0 Å². The zero-order valence-electron chi connectivity index (χ0n) is 8.55. The van der Waals surface area contributed by atoms with Crippen molar-refractivity contribution in [1.82, 2.24) is 5.32 Å². The minimum Gasteiger partial charge on any atom is -0.481 e. The summed E-state index contributed by atoms with van der Waals surface area (Å²) in [6, 6.07) is -2.17. The number of carbonyl (C=O) groups excluding carboxylic acids is 1. The van der Waals surface area contributed by atoms with Crippen LogP contribution >= 0.6 is 0 Å². The van der Waals surface area contributed by atoms with Crippen LogP contribution in [0.4, 0.5) is 0 Å². The lowest BCUT2D eigenvalue weighted by atomic mass is 10.1. The van der Waals surface area contributed by atoms with Crippen LogP contribution in [0, 0.1) is 0 Å². The van der Waals surface area contributed by atoms with E-state index in [4.69, 9.17) is 21.7 Å². The summed E-state index contributed by atoms with van der Waals surface area (Å²) >= 11 is 0. The Bertz CT molecular complexity index is 281. The summed E-state index contributed by atoms with van der Waals surface area (Å²) in [7, 11) is 0. The molecule has 0 aromatic carbocycles. The predicted molar refractivity (Wildman–Crippen MR) is 53.5 cm³/mol. The molecule has 1 amide bonds. The van der Waals surface area contributed by atoms with Crippen molar-refractivity contribution in [2.75, 3.05) is 6.54 Å². The molecule has 8 heteroatoms.